The molecule has 1 aromatic heterocycles. The third kappa shape index (κ3) is 0.832. The fraction of sp³-hybridized carbons (Fsp3) is 0. The maximum absolute atomic E-state index is 9.24. The number of aromatic nitrogens is 1. The molecule has 2 rings (SSSR count). The molecule has 0 aliphatic heterocycles. The van der Waals surface area contributed by atoms with E-state index >= 15 is 0 Å². The van der Waals surface area contributed by atoms with Crippen LogP contribution in [0, 0.1) is 0 Å². The van der Waals surface area contributed by atoms with Crippen LogP contribution in [-0.4, -0.2) is 15.2 Å². The number of phenolic OH excluding ortho intramolecular Hbond substituents is 2. The molecule has 1 heterocycles. The van der Waals surface area contributed by atoms with E-state index in [1.54, 1.807) is 5.51 Å². The third-order valence-electron chi connectivity index (χ3n) is 1.44. The summed E-state index contributed by atoms with van der Waals surface area (Å²) in [5.41, 5.74) is 2.06. The van der Waals surface area contributed by atoms with Crippen LogP contribution in [-0.2, 0) is 0 Å². The topological polar surface area (TPSA) is 53.4 Å². The van der Waals surface area contributed by atoms with Gasteiger partial charge in [-0.2, -0.15) is 0 Å². The van der Waals surface area contributed by atoms with Gasteiger partial charge in [0.2, 0.25) is 0 Å². The van der Waals surface area contributed by atoms with E-state index in [9.17, 15) is 10.2 Å². The normalized spacial score (nSPS) is 10.5. The summed E-state index contributed by atoms with van der Waals surface area (Å²) in [5, 5.41) is 18.5. The van der Waals surface area contributed by atoms with Crippen molar-refractivity contribution in [3.63, 3.8) is 0 Å². The number of fused-ring (bicyclic) bond motifs is 1. The van der Waals surface area contributed by atoms with Gasteiger partial charge in [-0.05, 0) is 12.1 Å². The van der Waals surface area contributed by atoms with Gasteiger partial charge in [0.1, 0.15) is 17.0 Å². The molecular formula is C7H5NO2S. The summed E-state index contributed by atoms with van der Waals surface area (Å²) in [7, 11) is 0. The van der Waals surface area contributed by atoms with Crippen LogP contribution in [0.3, 0.4) is 0 Å². The maximum Gasteiger partial charge on any atom is 0.142 e. The van der Waals surface area contributed by atoms with Crippen molar-refractivity contribution in [2.45, 2.75) is 0 Å². The van der Waals surface area contributed by atoms with Gasteiger partial charge in [-0.15, -0.1) is 11.3 Å². The molecule has 0 saturated heterocycles. The molecule has 1 aromatic carbocycles. The number of hydrogen-bond acceptors (Lipinski definition) is 4. The van der Waals surface area contributed by atoms with Crippen molar-refractivity contribution >= 4 is 21.6 Å². The number of rotatable bonds is 0. The lowest BCUT2D eigenvalue weighted by molar-refractivity contribution is 0.469. The molecule has 0 amide bonds. The van der Waals surface area contributed by atoms with Gasteiger partial charge < -0.3 is 10.2 Å². The van der Waals surface area contributed by atoms with Gasteiger partial charge in [0.25, 0.3) is 0 Å². The fourth-order valence-electron chi connectivity index (χ4n) is 0.923. The third-order valence-corrected chi connectivity index (χ3v) is 2.29. The molecule has 11 heavy (non-hydrogen) atoms. The first kappa shape index (κ1) is 6.42. The standard InChI is InChI=1S/C7H5NO2S/c9-4-1-2-5(10)7-6(4)8-3-11-7/h1-3,9-10H. The van der Waals surface area contributed by atoms with E-state index in [-0.39, 0.29) is 11.5 Å². The van der Waals surface area contributed by atoms with Crippen molar-refractivity contribution in [3.05, 3.63) is 17.6 Å². The molecule has 56 valence electrons. The van der Waals surface area contributed by atoms with Crippen LogP contribution in [0.5, 0.6) is 11.5 Å². The molecule has 0 atom stereocenters. The zero-order chi connectivity index (χ0) is 7.84. The first-order valence-corrected chi connectivity index (χ1v) is 3.91. The fourth-order valence-corrected chi connectivity index (χ4v) is 1.64. The minimum atomic E-state index is 0.110. The Kier molecular flexibility index (Phi) is 1.22. The Bertz CT molecular complexity index is 360. The average Bonchev–Trinajstić information content (AvgIpc) is 2.45. The van der Waals surface area contributed by atoms with Crippen LogP contribution in [0.1, 0.15) is 0 Å². The summed E-state index contributed by atoms with van der Waals surface area (Å²) in [6.45, 7) is 0. The molecule has 0 aliphatic rings. The van der Waals surface area contributed by atoms with Gasteiger partial charge in [0.05, 0.1) is 10.2 Å². The molecule has 2 N–H and O–H groups in total. The van der Waals surface area contributed by atoms with Crippen molar-refractivity contribution in [2.75, 3.05) is 0 Å². The largest absolute Gasteiger partial charge is 0.506 e. The van der Waals surface area contributed by atoms with Gasteiger partial charge in [0.15, 0.2) is 0 Å². The van der Waals surface area contributed by atoms with E-state index in [0.29, 0.717) is 10.2 Å². The SMILES string of the molecule is Oc1ccc(O)c2scnc12. The van der Waals surface area contributed by atoms with Crippen molar-refractivity contribution in [2.24, 2.45) is 0 Å². The van der Waals surface area contributed by atoms with E-state index in [2.05, 4.69) is 4.98 Å². The van der Waals surface area contributed by atoms with Gasteiger partial charge >= 0.3 is 0 Å². The van der Waals surface area contributed by atoms with Gasteiger partial charge in [-0.3, -0.25) is 0 Å². The molecule has 0 saturated carbocycles. The minimum absolute atomic E-state index is 0.110. The van der Waals surface area contributed by atoms with E-state index in [4.69, 9.17) is 0 Å². The smallest absolute Gasteiger partial charge is 0.142 e. The Balaban J connectivity index is 2.96. The highest BCUT2D eigenvalue weighted by atomic mass is 32.1. The summed E-state index contributed by atoms with van der Waals surface area (Å²) in [6, 6.07) is 2.88. The van der Waals surface area contributed by atoms with Crippen molar-refractivity contribution in [1.29, 1.82) is 0 Å². The highest BCUT2D eigenvalue weighted by Gasteiger charge is 2.05. The lowest BCUT2D eigenvalue weighted by Gasteiger charge is -1.94. The molecule has 3 nitrogen and oxygen atoms in total. The van der Waals surface area contributed by atoms with E-state index < -0.39 is 0 Å². The van der Waals surface area contributed by atoms with E-state index in [1.807, 2.05) is 0 Å². The second-order valence-corrected chi connectivity index (χ2v) is 2.99. The number of aromatic hydroxyl groups is 2. The van der Waals surface area contributed by atoms with Crippen LogP contribution < -0.4 is 0 Å². The lowest BCUT2D eigenvalue weighted by Crippen LogP contribution is -1.69. The van der Waals surface area contributed by atoms with Crippen LogP contribution in [0.4, 0.5) is 0 Å². The van der Waals surface area contributed by atoms with Gasteiger partial charge in [-0.25, -0.2) is 4.98 Å². The molecule has 0 spiro atoms. The van der Waals surface area contributed by atoms with Crippen LogP contribution in [0.15, 0.2) is 17.6 Å². The molecule has 0 fully saturated rings. The molecule has 0 bridgehead atoms. The Hall–Kier alpha value is -1.29. The van der Waals surface area contributed by atoms with Gasteiger partial charge in [-0.1, -0.05) is 0 Å². The van der Waals surface area contributed by atoms with Crippen LogP contribution in [0.25, 0.3) is 10.2 Å². The summed E-state index contributed by atoms with van der Waals surface area (Å²) in [5.74, 6) is 0.277. The Labute approximate surface area is 66.6 Å². The monoisotopic (exact) mass is 167 g/mol. The first-order chi connectivity index (χ1) is 5.29. The molecule has 0 aliphatic carbocycles. The number of hydrogen-bond donors (Lipinski definition) is 2. The molecule has 0 radical (unpaired) electrons. The predicted octanol–water partition coefficient (Wildman–Crippen LogP) is 1.71. The number of phenols is 2. The second kappa shape index (κ2) is 2.10. The molecule has 2 aromatic rings. The highest BCUT2D eigenvalue weighted by Crippen LogP contribution is 2.33. The van der Waals surface area contributed by atoms with Crippen molar-refractivity contribution in [1.82, 2.24) is 4.98 Å². The molecule has 0 unspecified atom stereocenters. The Morgan fingerprint density at radius 2 is 1.91 bits per heavy atom. The highest BCUT2D eigenvalue weighted by molar-refractivity contribution is 7.17. The maximum atomic E-state index is 9.24. The van der Waals surface area contributed by atoms with Crippen molar-refractivity contribution < 1.29 is 10.2 Å². The Morgan fingerprint density at radius 1 is 1.18 bits per heavy atom. The number of nitrogens with zero attached hydrogens (tertiary/aromatic N) is 1. The summed E-state index contributed by atoms with van der Waals surface area (Å²) in [4.78, 5) is 3.89. The summed E-state index contributed by atoms with van der Waals surface area (Å²) < 4.78 is 0.630. The molecule has 4 heteroatoms. The quantitative estimate of drug-likeness (QED) is 0.587. The van der Waals surface area contributed by atoms with Crippen molar-refractivity contribution in [3.8, 4) is 11.5 Å². The lowest BCUT2D eigenvalue weighted by atomic mass is 10.3. The predicted molar refractivity (Wildman–Crippen MR) is 42.9 cm³/mol. The van der Waals surface area contributed by atoms with Crippen LogP contribution >= 0.6 is 11.3 Å². The molecular weight excluding hydrogens is 162 g/mol. The van der Waals surface area contributed by atoms with E-state index in [1.165, 1.54) is 23.5 Å². The zero-order valence-corrected chi connectivity index (χ0v) is 6.30. The first-order valence-electron chi connectivity index (χ1n) is 3.03. The Morgan fingerprint density at radius 3 is 2.64 bits per heavy atom. The second-order valence-electron chi connectivity index (χ2n) is 2.13. The summed E-state index contributed by atoms with van der Waals surface area (Å²) >= 11 is 1.31. The number of benzene rings is 1. The van der Waals surface area contributed by atoms with Crippen LogP contribution in [0.2, 0.25) is 0 Å². The minimum Gasteiger partial charge on any atom is -0.506 e. The average molecular weight is 167 g/mol. The summed E-state index contributed by atoms with van der Waals surface area (Å²) in [6.07, 6.45) is 0. The zero-order valence-electron chi connectivity index (χ0n) is 5.48. The number of thiazole rings is 1. The van der Waals surface area contributed by atoms with Gasteiger partial charge in [0, 0.05) is 0 Å². The van der Waals surface area contributed by atoms with E-state index in [0.717, 1.165) is 0 Å².